The molecule has 8 nitrogen and oxygen atoms in total. The van der Waals surface area contributed by atoms with Crippen molar-refractivity contribution in [3.63, 3.8) is 0 Å². The lowest BCUT2D eigenvalue weighted by molar-refractivity contribution is -0.141. The standard InChI is InChI=1S/C21H33N5O3/c1-16(14-20(28)29-5)23-19(27)15-25-10-12-26(13-11-25)18-8-6-17(7-9-18)21(22-2)24(3)4/h6-9,16H,10-15H2,1-5H3,(H,23,27). The lowest BCUT2D eigenvalue weighted by Gasteiger charge is -2.36. The summed E-state index contributed by atoms with van der Waals surface area (Å²) in [7, 11) is 7.13. The van der Waals surface area contributed by atoms with Gasteiger partial charge in [-0.2, -0.15) is 0 Å². The van der Waals surface area contributed by atoms with Gasteiger partial charge in [0, 0.05) is 64.6 Å². The van der Waals surface area contributed by atoms with E-state index in [-0.39, 0.29) is 24.3 Å². The Balaban J connectivity index is 1.81. The molecule has 8 heteroatoms. The van der Waals surface area contributed by atoms with Gasteiger partial charge in [0.25, 0.3) is 0 Å². The smallest absolute Gasteiger partial charge is 0.307 e. The Bertz CT molecular complexity index is 710. The minimum Gasteiger partial charge on any atom is -0.469 e. The number of ether oxygens (including phenoxy) is 1. The number of nitrogens with one attached hydrogen (secondary N) is 1. The second kappa shape index (κ2) is 10.8. The molecule has 1 aromatic rings. The lowest BCUT2D eigenvalue weighted by Crippen LogP contribution is -2.50. The fourth-order valence-corrected chi connectivity index (χ4v) is 3.48. The monoisotopic (exact) mass is 403 g/mol. The topological polar surface area (TPSA) is 77.5 Å². The number of benzene rings is 1. The Morgan fingerprint density at radius 3 is 2.31 bits per heavy atom. The second-order valence-corrected chi connectivity index (χ2v) is 7.50. The summed E-state index contributed by atoms with van der Waals surface area (Å²) in [6, 6.07) is 8.22. The van der Waals surface area contributed by atoms with Crippen molar-refractivity contribution in [3.05, 3.63) is 29.8 Å². The Morgan fingerprint density at radius 2 is 1.79 bits per heavy atom. The van der Waals surface area contributed by atoms with E-state index in [1.807, 2.05) is 19.0 Å². The number of esters is 1. The zero-order chi connectivity index (χ0) is 21.4. The first kappa shape index (κ1) is 22.7. The lowest BCUT2D eigenvalue weighted by atomic mass is 10.1. The minimum atomic E-state index is -0.319. The van der Waals surface area contributed by atoms with Gasteiger partial charge in [-0.1, -0.05) is 0 Å². The number of carbonyl (C=O) groups excluding carboxylic acids is 2. The van der Waals surface area contributed by atoms with E-state index in [0.717, 1.165) is 37.6 Å². The van der Waals surface area contributed by atoms with Crippen LogP contribution in [-0.2, 0) is 14.3 Å². The van der Waals surface area contributed by atoms with Gasteiger partial charge in [-0.05, 0) is 31.2 Å². The molecule has 29 heavy (non-hydrogen) atoms. The van der Waals surface area contributed by atoms with Gasteiger partial charge in [-0.15, -0.1) is 0 Å². The predicted octanol–water partition coefficient (Wildman–Crippen LogP) is 0.814. The van der Waals surface area contributed by atoms with E-state index in [9.17, 15) is 9.59 Å². The maximum Gasteiger partial charge on any atom is 0.307 e. The van der Waals surface area contributed by atoms with E-state index in [1.54, 1.807) is 14.0 Å². The molecule has 1 N–H and O–H groups in total. The number of aliphatic imine (C=N–C) groups is 1. The molecule has 1 saturated heterocycles. The first-order valence-corrected chi connectivity index (χ1v) is 9.92. The van der Waals surface area contributed by atoms with Gasteiger partial charge >= 0.3 is 5.97 Å². The van der Waals surface area contributed by atoms with Crippen LogP contribution in [0.25, 0.3) is 0 Å². The van der Waals surface area contributed by atoms with Crippen LogP contribution in [-0.4, -0.2) is 94.5 Å². The number of amidine groups is 1. The van der Waals surface area contributed by atoms with Crippen molar-refractivity contribution in [2.75, 3.05) is 65.9 Å². The molecule has 1 unspecified atom stereocenters. The van der Waals surface area contributed by atoms with Crippen LogP contribution in [0.2, 0.25) is 0 Å². The number of rotatable bonds is 7. The maximum absolute atomic E-state index is 12.2. The molecule has 1 atom stereocenters. The Hall–Kier alpha value is -2.61. The maximum atomic E-state index is 12.2. The van der Waals surface area contributed by atoms with Gasteiger partial charge in [-0.25, -0.2) is 0 Å². The molecule has 1 fully saturated rings. The van der Waals surface area contributed by atoms with Crippen LogP contribution >= 0.6 is 0 Å². The van der Waals surface area contributed by atoms with Gasteiger partial charge in [0.2, 0.25) is 5.91 Å². The zero-order valence-corrected chi connectivity index (χ0v) is 18.1. The van der Waals surface area contributed by atoms with Gasteiger partial charge < -0.3 is 19.9 Å². The van der Waals surface area contributed by atoms with Crippen molar-refractivity contribution in [3.8, 4) is 0 Å². The average Bonchev–Trinajstić information content (AvgIpc) is 2.69. The molecule has 2 rings (SSSR count). The number of hydrogen-bond acceptors (Lipinski definition) is 6. The number of carbonyl (C=O) groups is 2. The minimum absolute atomic E-state index is 0.0609. The third-order valence-electron chi connectivity index (χ3n) is 4.97. The van der Waals surface area contributed by atoms with E-state index in [0.29, 0.717) is 6.54 Å². The van der Waals surface area contributed by atoms with Crippen LogP contribution in [0, 0.1) is 0 Å². The molecule has 0 radical (unpaired) electrons. The molecule has 1 aromatic carbocycles. The highest BCUT2D eigenvalue weighted by molar-refractivity contribution is 5.98. The third kappa shape index (κ3) is 6.74. The van der Waals surface area contributed by atoms with E-state index >= 15 is 0 Å². The molecular formula is C21H33N5O3. The number of piperazine rings is 1. The predicted molar refractivity (Wildman–Crippen MR) is 115 cm³/mol. The number of nitrogens with zero attached hydrogens (tertiary/aromatic N) is 4. The third-order valence-corrected chi connectivity index (χ3v) is 4.97. The van der Waals surface area contributed by atoms with Gasteiger partial charge in [-0.3, -0.25) is 19.5 Å². The summed E-state index contributed by atoms with van der Waals surface area (Å²) in [5, 5.41) is 2.86. The summed E-state index contributed by atoms with van der Waals surface area (Å²) in [5.74, 6) is 0.573. The highest BCUT2D eigenvalue weighted by atomic mass is 16.5. The summed E-state index contributed by atoms with van der Waals surface area (Å²) in [4.78, 5) is 34.3. The highest BCUT2D eigenvalue weighted by Gasteiger charge is 2.20. The number of anilines is 1. The average molecular weight is 404 g/mol. The van der Waals surface area contributed by atoms with Crippen molar-refractivity contribution in [1.82, 2.24) is 15.1 Å². The Kier molecular flexibility index (Phi) is 8.45. The summed E-state index contributed by atoms with van der Waals surface area (Å²) in [5.41, 5.74) is 2.27. The van der Waals surface area contributed by atoms with E-state index < -0.39 is 0 Å². The summed E-state index contributed by atoms with van der Waals surface area (Å²) >= 11 is 0. The molecule has 1 amide bonds. The van der Waals surface area contributed by atoms with Crippen molar-refractivity contribution < 1.29 is 14.3 Å². The number of hydrogen-bond donors (Lipinski definition) is 1. The largest absolute Gasteiger partial charge is 0.469 e. The van der Waals surface area contributed by atoms with Crippen molar-refractivity contribution in [2.45, 2.75) is 19.4 Å². The highest BCUT2D eigenvalue weighted by Crippen LogP contribution is 2.18. The first-order valence-electron chi connectivity index (χ1n) is 9.92. The van der Waals surface area contributed by atoms with Crippen molar-refractivity contribution in [1.29, 1.82) is 0 Å². The molecule has 0 bridgehead atoms. The zero-order valence-electron chi connectivity index (χ0n) is 18.1. The molecule has 0 saturated carbocycles. The van der Waals surface area contributed by atoms with Crippen LogP contribution in [0.3, 0.4) is 0 Å². The summed E-state index contributed by atoms with van der Waals surface area (Å²) in [6.07, 6.45) is 0.185. The Labute approximate surface area is 173 Å². The quantitative estimate of drug-likeness (QED) is 0.413. The second-order valence-electron chi connectivity index (χ2n) is 7.50. The summed E-state index contributed by atoms with van der Waals surface area (Å²) in [6.45, 7) is 5.53. The van der Waals surface area contributed by atoms with Crippen molar-refractivity contribution >= 4 is 23.4 Å². The molecule has 0 aliphatic carbocycles. The van der Waals surface area contributed by atoms with Gasteiger partial charge in [0.15, 0.2) is 0 Å². The SMILES string of the molecule is CN=C(c1ccc(N2CCN(CC(=O)NC(C)CC(=O)OC)CC2)cc1)N(C)C. The molecular weight excluding hydrogens is 370 g/mol. The van der Waals surface area contributed by atoms with Crippen LogP contribution in [0.1, 0.15) is 18.9 Å². The molecule has 0 aromatic heterocycles. The Morgan fingerprint density at radius 1 is 1.17 bits per heavy atom. The van der Waals surface area contributed by atoms with Gasteiger partial charge in [0.1, 0.15) is 5.84 Å². The molecule has 0 spiro atoms. The van der Waals surface area contributed by atoms with E-state index in [1.165, 1.54) is 12.8 Å². The molecule has 160 valence electrons. The van der Waals surface area contributed by atoms with Crippen LogP contribution < -0.4 is 10.2 Å². The summed E-state index contributed by atoms with van der Waals surface area (Å²) < 4.78 is 4.63. The van der Waals surface area contributed by atoms with E-state index in [2.05, 4.69) is 49.1 Å². The fraction of sp³-hybridized carbons (Fsp3) is 0.571. The first-order chi connectivity index (χ1) is 13.8. The van der Waals surface area contributed by atoms with Crippen LogP contribution in [0.5, 0.6) is 0 Å². The molecule has 1 heterocycles. The van der Waals surface area contributed by atoms with E-state index in [4.69, 9.17) is 0 Å². The molecule has 1 aliphatic heterocycles. The van der Waals surface area contributed by atoms with Crippen LogP contribution in [0.15, 0.2) is 29.3 Å². The number of amides is 1. The van der Waals surface area contributed by atoms with Gasteiger partial charge in [0.05, 0.1) is 20.1 Å². The van der Waals surface area contributed by atoms with Crippen LogP contribution in [0.4, 0.5) is 5.69 Å². The van der Waals surface area contributed by atoms with Crippen molar-refractivity contribution in [2.24, 2.45) is 4.99 Å². The number of methoxy groups -OCH3 is 1. The fourth-order valence-electron chi connectivity index (χ4n) is 3.48. The molecule has 1 aliphatic rings. The normalized spacial score (nSPS) is 16.3.